The zero-order chi connectivity index (χ0) is 16.4. The summed E-state index contributed by atoms with van der Waals surface area (Å²) in [7, 11) is 1.71. The highest BCUT2D eigenvalue weighted by Gasteiger charge is 2.36. The molecule has 3 aliphatic heterocycles. The van der Waals surface area contributed by atoms with E-state index in [-0.39, 0.29) is 16.5 Å². The van der Waals surface area contributed by atoms with Crippen LogP contribution in [0.1, 0.15) is 23.2 Å². The molecule has 2 bridgehead atoms. The summed E-state index contributed by atoms with van der Waals surface area (Å²) in [5.74, 6) is 0.432. The number of nitrogens with one attached hydrogen (secondary N) is 1. The van der Waals surface area contributed by atoms with E-state index in [9.17, 15) is 9.59 Å². The largest absolute Gasteiger partial charge is 0.383 e. The zero-order valence-corrected chi connectivity index (χ0v) is 14.0. The molecular formula is C16H22ClN3O3. The topological polar surface area (TPSA) is 65.6 Å². The van der Waals surface area contributed by atoms with Crippen molar-refractivity contribution in [3.63, 3.8) is 0 Å². The number of piperidine rings is 1. The van der Waals surface area contributed by atoms with Crippen LogP contribution in [0.3, 0.4) is 0 Å². The predicted octanol–water partition coefficient (Wildman–Crippen LogP) is 1.21. The first-order chi connectivity index (χ1) is 11.1. The van der Waals surface area contributed by atoms with E-state index in [4.69, 9.17) is 16.3 Å². The first kappa shape index (κ1) is 16.5. The molecule has 1 aromatic heterocycles. The minimum atomic E-state index is -0.370. The van der Waals surface area contributed by atoms with Crippen LogP contribution in [0.15, 0.2) is 17.1 Å². The standard InChI is InChI=1S/C16H22ClN3O3/c1-23-5-4-19-8-11-2-3-13(19)10-20(9-11)16(22)12-6-14(17)15(21)18-7-12/h6-7,11,13H,2-5,8-10H2,1H3,(H,18,21)/t11-,13-/m0/s1. The van der Waals surface area contributed by atoms with Crippen molar-refractivity contribution in [2.24, 2.45) is 5.92 Å². The van der Waals surface area contributed by atoms with E-state index >= 15 is 0 Å². The van der Waals surface area contributed by atoms with Crippen molar-refractivity contribution in [2.45, 2.75) is 18.9 Å². The lowest BCUT2D eigenvalue weighted by Gasteiger charge is -2.35. The number of methoxy groups -OCH3 is 1. The second-order valence-electron chi connectivity index (χ2n) is 6.36. The molecule has 7 heteroatoms. The van der Waals surface area contributed by atoms with Crippen molar-refractivity contribution in [3.05, 3.63) is 33.2 Å². The number of ether oxygens (including phenoxy) is 1. The van der Waals surface area contributed by atoms with Gasteiger partial charge in [-0.05, 0) is 24.8 Å². The van der Waals surface area contributed by atoms with Crippen molar-refractivity contribution in [1.82, 2.24) is 14.8 Å². The van der Waals surface area contributed by atoms with E-state index < -0.39 is 0 Å². The van der Waals surface area contributed by atoms with E-state index in [1.807, 2.05) is 4.90 Å². The average Bonchev–Trinajstić information content (AvgIpc) is 2.86. The van der Waals surface area contributed by atoms with Crippen LogP contribution in [0, 0.1) is 5.92 Å². The zero-order valence-electron chi connectivity index (χ0n) is 13.3. The third kappa shape index (κ3) is 3.59. The van der Waals surface area contributed by atoms with Crippen LogP contribution in [-0.2, 0) is 4.74 Å². The average molecular weight is 340 g/mol. The summed E-state index contributed by atoms with van der Waals surface area (Å²) in [6.45, 7) is 4.12. The predicted molar refractivity (Wildman–Crippen MR) is 87.9 cm³/mol. The molecule has 4 rings (SSSR count). The van der Waals surface area contributed by atoms with Gasteiger partial charge in [-0.15, -0.1) is 0 Å². The molecule has 23 heavy (non-hydrogen) atoms. The number of carbonyl (C=O) groups excluding carboxylic acids is 1. The maximum Gasteiger partial charge on any atom is 0.266 e. The number of hydrogen-bond donors (Lipinski definition) is 1. The summed E-state index contributed by atoms with van der Waals surface area (Å²) in [6, 6.07) is 1.84. The third-order valence-electron chi connectivity index (χ3n) is 4.80. The van der Waals surface area contributed by atoms with Gasteiger partial charge in [0.1, 0.15) is 5.02 Å². The molecule has 4 heterocycles. The van der Waals surface area contributed by atoms with Gasteiger partial charge in [0.15, 0.2) is 0 Å². The second kappa shape index (κ2) is 7.03. The summed E-state index contributed by atoms with van der Waals surface area (Å²) in [4.78, 5) is 31.0. The fourth-order valence-electron chi connectivity index (χ4n) is 3.59. The highest BCUT2D eigenvalue weighted by Crippen LogP contribution is 2.28. The summed E-state index contributed by atoms with van der Waals surface area (Å²) in [5.41, 5.74) is 0.0734. The summed E-state index contributed by atoms with van der Waals surface area (Å²) >= 11 is 5.84. The molecule has 1 aromatic rings. The minimum Gasteiger partial charge on any atom is -0.383 e. The van der Waals surface area contributed by atoms with Gasteiger partial charge in [-0.1, -0.05) is 11.6 Å². The molecule has 1 N–H and O–H groups in total. The maximum atomic E-state index is 12.8. The molecule has 0 aliphatic carbocycles. The Balaban J connectivity index is 1.75. The first-order valence-corrected chi connectivity index (χ1v) is 8.36. The van der Waals surface area contributed by atoms with E-state index in [0.29, 0.717) is 24.1 Å². The lowest BCUT2D eigenvalue weighted by molar-refractivity contribution is 0.0717. The number of hydrogen-bond acceptors (Lipinski definition) is 4. The summed E-state index contributed by atoms with van der Waals surface area (Å²) in [5, 5.41) is 0.0513. The Labute approximate surface area is 140 Å². The molecule has 0 aromatic carbocycles. The fraction of sp³-hybridized carbons (Fsp3) is 0.625. The Morgan fingerprint density at radius 2 is 2.22 bits per heavy atom. The Bertz CT molecular complexity index is 633. The summed E-state index contributed by atoms with van der Waals surface area (Å²) < 4.78 is 5.19. The van der Waals surface area contributed by atoms with Gasteiger partial charge in [-0.2, -0.15) is 0 Å². The van der Waals surface area contributed by atoms with E-state index in [0.717, 1.165) is 39.0 Å². The number of amides is 1. The Morgan fingerprint density at radius 3 is 2.96 bits per heavy atom. The SMILES string of the molecule is COCCN1C[C@@H]2CC[C@H]1CN(C(=O)c1c[nH]c(=O)c(Cl)c1)C2. The van der Waals surface area contributed by atoms with Crippen LogP contribution >= 0.6 is 11.6 Å². The molecule has 1 amide bonds. The molecule has 0 unspecified atom stereocenters. The van der Waals surface area contributed by atoms with E-state index in [2.05, 4.69) is 9.88 Å². The number of rotatable bonds is 4. The number of nitrogens with zero attached hydrogens (tertiary/aromatic N) is 2. The number of pyridine rings is 1. The maximum absolute atomic E-state index is 12.8. The van der Waals surface area contributed by atoms with Crippen LogP contribution < -0.4 is 5.56 Å². The quantitative estimate of drug-likeness (QED) is 0.895. The molecule has 3 fully saturated rings. The van der Waals surface area contributed by atoms with Crippen LogP contribution in [0.4, 0.5) is 0 Å². The highest BCUT2D eigenvalue weighted by atomic mass is 35.5. The van der Waals surface area contributed by atoms with Crippen molar-refractivity contribution in [1.29, 1.82) is 0 Å². The molecule has 6 nitrogen and oxygen atoms in total. The number of halogens is 1. The molecule has 0 spiro atoms. The number of aromatic nitrogens is 1. The molecule has 0 saturated carbocycles. The van der Waals surface area contributed by atoms with Gasteiger partial charge in [0.2, 0.25) is 0 Å². The second-order valence-corrected chi connectivity index (χ2v) is 6.77. The highest BCUT2D eigenvalue weighted by molar-refractivity contribution is 6.30. The molecule has 2 atom stereocenters. The Kier molecular flexibility index (Phi) is 5.04. The molecule has 3 saturated heterocycles. The van der Waals surface area contributed by atoms with Crippen LogP contribution in [0.2, 0.25) is 5.02 Å². The number of carbonyl (C=O) groups is 1. The van der Waals surface area contributed by atoms with Crippen molar-refractivity contribution in [3.8, 4) is 0 Å². The van der Waals surface area contributed by atoms with E-state index in [1.54, 1.807) is 7.11 Å². The van der Waals surface area contributed by atoms with Gasteiger partial charge in [0.25, 0.3) is 11.5 Å². The smallest absolute Gasteiger partial charge is 0.266 e. The van der Waals surface area contributed by atoms with Gasteiger partial charge in [-0.25, -0.2) is 0 Å². The lowest BCUT2D eigenvalue weighted by atomic mass is 9.95. The monoisotopic (exact) mass is 339 g/mol. The van der Waals surface area contributed by atoms with Crippen LogP contribution in [0.25, 0.3) is 0 Å². The van der Waals surface area contributed by atoms with Gasteiger partial charge in [0, 0.05) is 45.5 Å². The van der Waals surface area contributed by atoms with Gasteiger partial charge in [0.05, 0.1) is 12.2 Å². The van der Waals surface area contributed by atoms with E-state index in [1.165, 1.54) is 12.3 Å². The van der Waals surface area contributed by atoms with Gasteiger partial charge in [-0.3, -0.25) is 14.5 Å². The van der Waals surface area contributed by atoms with Gasteiger partial charge < -0.3 is 14.6 Å². The van der Waals surface area contributed by atoms with Gasteiger partial charge >= 0.3 is 0 Å². The van der Waals surface area contributed by atoms with Crippen molar-refractivity contribution >= 4 is 17.5 Å². The number of H-pyrrole nitrogens is 1. The fourth-order valence-corrected chi connectivity index (χ4v) is 3.76. The number of aromatic amines is 1. The van der Waals surface area contributed by atoms with Crippen molar-refractivity contribution < 1.29 is 9.53 Å². The Hall–Kier alpha value is -1.37. The minimum absolute atomic E-state index is 0.0513. The molecule has 126 valence electrons. The third-order valence-corrected chi connectivity index (χ3v) is 5.08. The molecular weight excluding hydrogens is 318 g/mol. The van der Waals surface area contributed by atoms with Crippen LogP contribution in [0.5, 0.6) is 0 Å². The lowest BCUT2D eigenvalue weighted by Crippen LogP contribution is -2.45. The number of fused-ring (bicyclic) bond motifs is 4. The Morgan fingerprint density at radius 1 is 1.39 bits per heavy atom. The first-order valence-electron chi connectivity index (χ1n) is 7.99. The molecule has 3 aliphatic rings. The van der Waals surface area contributed by atoms with Crippen molar-refractivity contribution in [2.75, 3.05) is 39.9 Å². The molecule has 0 radical (unpaired) electrons. The van der Waals surface area contributed by atoms with Crippen LogP contribution in [-0.4, -0.2) is 66.6 Å². The summed E-state index contributed by atoms with van der Waals surface area (Å²) in [6.07, 6.45) is 3.72. The normalized spacial score (nSPS) is 24.7.